The molecule has 6 nitrogen and oxygen atoms in total. The molecular formula is C22H30N2O4. The van der Waals surface area contributed by atoms with Crippen molar-refractivity contribution < 1.29 is 19.5 Å². The van der Waals surface area contributed by atoms with Crippen LogP contribution >= 0.6 is 0 Å². The third-order valence-corrected chi connectivity index (χ3v) is 5.99. The fourth-order valence-electron chi connectivity index (χ4n) is 4.71. The van der Waals surface area contributed by atoms with E-state index in [1.54, 1.807) is 4.90 Å². The normalized spacial score (nSPS) is 21.4. The second-order valence-electron chi connectivity index (χ2n) is 8.51. The molecule has 6 heteroatoms. The third kappa shape index (κ3) is 4.72. The summed E-state index contributed by atoms with van der Waals surface area (Å²) in [5, 5.41) is 12.3. The summed E-state index contributed by atoms with van der Waals surface area (Å²) in [6, 6.07) is 5.81. The summed E-state index contributed by atoms with van der Waals surface area (Å²) in [7, 11) is 0. The maximum Gasteiger partial charge on any atom is 0.305 e. The minimum absolute atomic E-state index is 0.0311. The molecule has 0 bridgehead atoms. The van der Waals surface area contributed by atoms with Crippen molar-refractivity contribution in [2.24, 2.45) is 5.92 Å². The monoisotopic (exact) mass is 386 g/mol. The lowest BCUT2D eigenvalue weighted by molar-refractivity contribution is -0.139. The molecule has 1 saturated carbocycles. The zero-order chi connectivity index (χ0) is 20.3. The summed E-state index contributed by atoms with van der Waals surface area (Å²) in [5.74, 6) is -1.31. The predicted molar refractivity (Wildman–Crippen MR) is 106 cm³/mol. The lowest BCUT2D eigenvalue weighted by Gasteiger charge is -2.35. The van der Waals surface area contributed by atoms with Gasteiger partial charge in [0.1, 0.15) is 0 Å². The number of aliphatic carboxylic acids is 1. The number of nitrogens with one attached hydrogen (secondary N) is 1. The minimum Gasteiger partial charge on any atom is -0.481 e. The van der Waals surface area contributed by atoms with Crippen molar-refractivity contribution >= 4 is 17.8 Å². The Hall–Kier alpha value is -2.37. The van der Waals surface area contributed by atoms with Gasteiger partial charge in [0.2, 0.25) is 5.91 Å². The van der Waals surface area contributed by atoms with Gasteiger partial charge < -0.3 is 15.3 Å². The van der Waals surface area contributed by atoms with Crippen LogP contribution < -0.4 is 5.32 Å². The molecule has 1 saturated heterocycles. The second-order valence-corrected chi connectivity index (χ2v) is 8.51. The number of carbonyl (C=O) groups excluding carboxylic acids is 2. The molecule has 2 aliphatic rings. The van der Waals surface area contributed by atoms with E-state index in [4.69, 9.17) is 0 Å². The van der Waals surface area contributed by atoms with Crippen LogP contribution in [0.3, 0.4) is 0 Å². The number of likely N-dealkylation sites (tertiary alicyclic amines) is 1. The number of rotatable bonds is 5. The van der Waals surface area contributed by atoms with Crippen LogP contribution in [0.2, 0.25) is 0 Å². The summed E-state index contributed by atoms with van der Waals surface area (Å²) in [6.45, 7) is 4.98. The van der Waals surface area contributed by atoms with Crippen LogP contribution in [-0.2, 0) is 9.59 Å². The van der Waals surface area contributed by atoms with Gasteiger partial charge in [0.25, 0.3) is 5.91 Å². The molecule has 2 fully saturated rings. The van der Waals surface area contributed by atoms with Crippen LogP contribution in [-0.4, -0.2) is 46.4 Å². The van der Waals surface area contributed by atoms with Gasteiger partial charge >= 0.3 is 5.97 Å². The van der Waals surface area contributed by atoms with Gasteiger partial charge in [-0.3, -0.25) is 14.4 Å². The molecule has 0 spiro atoms. The van der Waals surface area contributed by atoms with Crippen LogP contribution in [0.5, 0.6) is 0 Å². The van der Waals surface area contributed by atoms with Crippen molar-refractivity contribution in [2.45, 2.75) is 64.3 Å². The molecule has 0 radical (unpaired) electrons. The van der Waals surface area contributed by atoms with Crippen molar-refractivity contribution in [1.82, 2.24) is 10.2 Å². The van der Waals surface area contributed by atoms with Crippen LogP contribution in [0.15, 0.2) is 18.2 Å². The molecule has 2 N–H and O–H groups in total. The number of amides is 2. The van der Waals surface area contributed by atoms with E-state index in [9.17, 15) is 19.5 Å². The summed E-state index contributed by atoms with van der Waals surface area (Å²) >= 11 is 0. The average molecular weight is 386 g/mol. The highest BCUT2D eigenvalue weighted by molar-refractivity contribution is 5.95. The van der Waals surface area contributed by atoms with Crippen molar-refractivity contribution in [2.75, 3.05) is 13.1 Å². The summed E-state index contributed by atoms with van der Waals surface area (Å²) in [6.07, 6.45) is 4.78. The number of carboxylic acids is 1. The molecule has 1 atom stereocenters. The van der Waals surface area contributed by atoms with E-state index in [-0.39, 0.29) is 24.2 Å². The van der Waals surface area contributed by atoms with E-state index in [0.717, 1.165) is 36.8 Å². The van der Waals surface area contributed by atoms with E-state index in [1.807, 2.05) is 32.0 Å². The zero-order valence-corrected chi connectivity index (χ0v) is 16.8. The molecule has 1 heterocycles. The van der Waals surface area contributed by atoms with Gasteiger partial charge in [0.15, 0.2) is 0 Å². The van der Waals surface area contributed by atoms with Gasteiger partial charge in [-0.25, -0.2) is 0 Å². The quantitative estimate of drug-likeness (QED) is 0.814. The highest BCUT2D eigenvalue weighted by Gasteiger charge is 2.39. The SMILES string of the molecule is Cc1cc(C)cc(C(=O)N2CCCC(C(=O)NC3(CC(=O)O)CCCC3)C2)c1. The van der Waals surface area contributed by atoms with Gasteiger partial charge in [-0.1, -0.05) is 30.0 Å². The first-order valence-corrected chi connectivity index (χ1v) is 10.2. The van der Waals surface area contributed by atoms with Gasteiger partial charge in [-0.15, -0.1) is 0 Å². The molecule has 1 aliphatic carbocycles. The standard InChI is InChI=1S/C22H30N2O4/c1-15-10-16(2)12-18(11-15)21(28)24-9-5-6-17(14-24)20(27)23-22(13-19(25)26)7-3-4-8-22/h10-12,17H,3-9,13-14H2,1-2H3,(H,23,27)(H,25,26). The lowest BCUT2D eigenvalue weighted by atomic mass is 9.90. The van der Waals surface area contributed by atoms with Crippen LogP contribution in [0, 0.1) is 19.8 Å². The number of carboxylic acid groups (broad SMARTS) is 1. The molecule has 1 unspecified atom stereocenters. The van der Waals surface area contributed by atoms with Crippen LogP contribution in [0.4, 0.5) is 0 Å². The first-order chi connectivity index (χ1) is 13.3. The molecule has 1 aromatic rings. The molecule has 1 aromatic carbocycles. The van der Waals surface area contributed by atoms with Crippen molar-refractivity contribution in [1.29, 1.82) is 0 Å². The molecule has 1 aliphatic heterocycles. The average Bonchev–Trinajstić information content (AvgIpc) is 3.07. The predicted octanol–water partition coefficient (Wildman–Crippen LogP) is 3.06. The van der Waals surface area contributed by atoms with Gasteiger partial charge in [-0.05, 0) is 51.7 Å². The topological polar surface area (TPSA) is 86.7 Å². The third-order valence-electron chi connectivity index (χ3n) is 5.99. The number of benzene rings is 1. The molecule has 0 aromatic heterocycles. The number of carbonyl (C=O) groups is 3. The van der Waals surface area contributed by atoms with Gasteiger partial charge in [-0.2, -0.15) is 0 Å². The van der Waals surface area contributed by atoms with E-state index in [0.29, 0.717) is 31.5 Å². The Morgan fingerprint density at radius 1 is 1.11 bits per heavy atom. The Morgan fingerprint density at radius 3 is 2.36 bits per heavy atom. The van der Waals surface area contributed by atoms with E-state index >= 15 is 0 Å². The molecule has 152 valence electrons. The van der Waals surface area contributed by atoms with Crippen molar-refractivity contribution in [3.8, 4) is 0 Å². The summed E-state index contributed by atoms with van der Waals surface area (Å²) < 4.78 is 0. The zero-order valence-electron chi connectivity index (χ0n) is 16.8. The number of nitrogens with zero attached hydrogens (tertiary/aromatic N) is 1. The fraction of sp³-hybridized carbons (Fsp3) is 0.591. The van der Waals surface area contributed by atoms with Crippen LogP contribution in [0.1, 0.15) is 66.4 Å². The summed E-state index contributed by atoms with van der Waals surface area (Å²) in [5.41, 5.74) is 2.14. The van der Waals surface area contributed by atoms with E-state index in [2.05, 4.69) is 5.32 Å². The largest absolute Gasteiger partial charge is 0.481 e. The number of hydrogen-bond acceptors (Lipinski definition) is 3. The van der Waals surface area contributed by atoms with E-state index < -0.39 is 11.5 Å². The minimum atomic E-state index is -0.877. The first kappa shape index (κ1) is 20.4. The fourth-order valence-corrected chi connectivity index (χ4v) is 4.71. The maximum absolute atomic E-state index is 12.9. The Bertz CT molecular complexity index is 748. The maximum atomic E-state index is 12.9. The first-order valence-electron chi connectivity index (χ1n) is 10.2. The highest BCUT2D eigenvalue weighted by Crippen LogP contribution is 2.33. The van der Waals surface area contributed by atoms with E-state index in [1.165, 1.54) is 0 Å². The van der Waals surface area contributed by atoms with Crippen LogP contribution in [0.25, 0.3) is 0 Å². The lowest BCUT2D eigenvalue weighted by Crippen LogP contribution is -2.53. The second kappa shape index (κ2) is 8.33. The number of aryl methyl sites for hydroxylation is 2. The molecule has 3 rings (SSSR count). The Balaban J connectivity index is 1.67. The number of hydrogen-bond donors (Lipinski definition) is 2. The Kier molecular flexibility index (Phi) is 6.06. The van der Waals surface area contributed by atoms with Crippen molar-refractivity contribution in [3.63, 3.8) is 0 Å². The smallest absolute Gasteiger partial charge is 0.305 e. The Morgan fingerprint density at radius 2 is 1.75 bits per heavy atom. The summed E-state index contributed by atoms with van der Waals surface area (Å²) in [4.78, 5) is 38.9. The Labute approximate surface area is 166 Å². The molecular weight excluding hydrogens is 356 g/mol. The van der Waals surface area contributed by atoms with Crippen molar-refractivity contribution in [3.05, 3.63) is 34.9 Å². The van der Waals surface area contributed by atoms with Gasteiger partial charge in [0, 0.05) is 18.7 Å². The number of piperidine rings is 1. The molecule has 2 amide bonds. The molecule has 28 heavy (non-hydrogen) atoms. The van der Waals surface area contributed by atoms with Gasteiger partial charge in [0.05, 0.1) is 17.9 Å². The highest BCUT2D eigenvalue weighted by atomic mass is 16.4.